The van der Waals surface area contributed by atoms with Crippen molar-refractivity contribution < 1.29 is 19.5 Å². The van der Waals surface area contributed by atoms with Crippen LogP contribution >= 0.6 is 0 Å². The lowest BCUT2D eigenvalue weighted by atomic mass is 10.1. The zero-order chi connectivity index (χ0) is 14.4. The normalized spacial score (nSPS) is 25.2. The average Bonchev–Trinajstić information content (AvgIpc) is 2.94. The van der Waals surface area contributed by atoms with Gasteiger partial charge in [-0.25, -0.2) is 14.5 Å². The van der Waals surface area contributed by atoms with Gasteiger partial charge in [-0.15, -0.1) is 0 Å². The molecule has 2 aliphatic heterocycles. The molecule has 20 heavy (non-hydrogen) atoms. The Bertz CT molecular complexity index is 596. The number of rotatable bonds is 2. The molecule has 0 aliphatic carbocycles. The Morgan fingerprint density at radius 3 is 2.45 bits per heavy atom. The van der Waals surface area contributed by atoms with E-state index >= 15 is 0 Å². The van der Waals surface area contributed by atoms with Crippen molar-refractivity contribution in [2.45, 2.75) is 31.8 Å². The largest absolute Gasteiger partial charge is 0.480 e. The molecule has 2 aliphatic rings. The maximum Gasteiger partial charge on any atom is 0.332 e. The van der Waals surface area contributed by atoms with E-state index in [0.717, 1.165) is 10.5 Å². The van der Waals surface area contributed by atoms with Crippen LogP contribution in [-0.2, 0) is 9.59 Å². The average molecular weight is 274 g/mol. The van der Waals surface area contributed by atoms with Crippen LogP contribution in [0, 0.1) is 6.92 Å². The number of hydrogen-bond donors (Lipinski definition) is 1. The highest BCUT2D eigenvalue weighted by molar-refractivity contribution is 6.22. The number of carboxylic acid groups (broad SMARTS) is 1. The van der Waals surface area contributed by atoms with E-state index in [1.165, 1.54) is 4.90 Å². The van der Waals surface area contributed by atoms with Gasteiger partial charge in [-0.2, -0.15) is 0 Å². The highest BCUT2D eigenvalue weighted by atomic mass is 16.4. The smallest absolute Gasteiger partial charge is 0.332 e. The van der Waals surface area contributed by atoms with E-state index < -0.39 is 24.1 Å². The number of hydrogen-bond acceptors (Lipinski definition) is 3. The maximum absolute atomic E-state index is 12.4. The third kappa shape index (κ3) is 1.68. The number of urea groups is 1. The van der Waals surface area contributed by atoms with Gasteiger partial charge in [0.1, 0.15) is 12.1 Å². The fraction of sp³-hybridized carbons (Fsp3) is 0.357. The number of carbonyl (C=O) groups excluding carboxylic acids is 2. The molecular formula is C14H14N2O4. The number of anilines is 1. The van der Waals surface area contributed by atoms with Crippen molar-refractivity contribution in [2.75, 3.05) is 4.90 Å². The van der Waals surface area contributed by atoms with Crippen molar-refractivity contribution in [3.63, 3.8) is 0 Å². The van der Waals surface area contributed by atoms with E-state index in [2.05, 4.69) is 0 Å². The van der Waals surface area contributed by atoms with Crippen LogP contribution in [0.4, 0.5) is 10.5 Å². The molecule has 1 N–H and O–H groups in total. The van der Waals surface area contributed by atoms with Crippen molar-refractivity contribution in [3.8, 4) is 0 Å². The summed E-state index contributed by atoms with van der Waals surface area (Å²) in [5, 5.41) is 9.13. The number of amides is 3. The number of carboxylic acids is 1. The first-order chi connectivity index (χ1) is 9.50. The zero-order valence-electron chi connectivity index (χ0n) is 10.9. The number of aryl methyl sites for hydroxylation is 1. The Kier molecular flexibility index (Phi) is 2.74. The first kappa shape index (κ1) is 12.7. The maximum atomic E-state index is 12.4. The Balaban J connectivity index is 1.96. The second-order valence-electron chi connectivity index (χ2n) is 5.15. The van der Waals surface area contributed by atoms with Crippen molar-refractivity contribution in [1.82, 2.24) is 4.90 Å². The summed E-state index contributed by atoms with van der Waals surface area (Å²) in [6.07, 6.45) is 0.739. The van der Waals surface area contributed by atoms with E-state index in [4.69, 9.17) is 5.11 Å². The lowest BCUT2D eigenvalue weighted by molar-refractivity contribution is -0.141. The summed E-state index contributed by atoms with van der Waals surface area (Å²) < 4.78 is 0. The topological polar surface area (TPSA) is 77.9 Å². The third-order valence-electron chi connectivity index (χ3n) is 3.88. The van der Waals surface area contributed by atoms with Crippen molar-refractivity contribution in [2.24, 2.45) is 0 Å². The molecular weight excluding hydrogens is 260 g/mol. The SMILES string of the molecule is Cc1ccc(N2C(=O)[C@@H]3CC[C@H](C(=O)O)N3C2=O)cc1. The zero-order valence-corrected chi connectivity index (χ0v) is 10.9. The first-order valence-corrected chi connectivity index (χ1v) is 6.46. The molecule has 104 valence electrons. The molecule has 2 saturated heterocycles. The minimum absolute atomic E-state index is 0.331. The molecule has 0 radical (unpaired) electrons. The van der Waals surface area contributed by atoms with Gasteiger partial charge in [-0.05, 0) is 31.9 Å². The van der Waals surface area contributed by atoms with Crippen LogP contribution in [0.25, 0.3) is 0 Å². The number of nitrogens with zero attached hydrogens (tertiary/aromatic N) is 2. The van der Waals surface area contributed by atoms with Gasteiger partial charge in [0.2, 0.25) is 0 Å². The second-order valence-corrected chi connectivity index (χ2v) is 5.15. The van der Waals surface area contributed by atoms with Crippen LogP contribution in [0.1, 0.15) is 18.4 Å². The highest BCUT2D eigenvalue weighted by Gasteiger charge is 2.54. The molecule has 1 aromatic rings. The van der Waals surface area contributed by atoms with Gasteiger partial charge in [0.05, 0.1) is 5.69 Å². The summed E-state index contributed by atoms with van der Waals surface area (Å²) in [7, 11) is 0. The number of carbonyl (C=O) groups is 3. The standard InChI is InChI=1S/C14H14N2O4/c1-8-2-4-9(5-3-8)15-12(17)10-6-7-11(13(18)19)16(10)14(15)20/h2-5,10-11H,6-7H2,1H3,(H,18,19)/t10-,11+/m0/s1. The molecule has 2 fully saturated rings. The molecule has 6 heteroatoms. The minimum Gasteiger partial charge on any atom is -0.480 e. The molecule has 2 atom stereocenters. The Morgan fingerprint density at radius 1 is 1.20 bits per heavy atom. The highest BCUT2D eigenvalue weighted by Crippen LogP contribution is 2.35. The summed E-state index contributed by atoms with van der Waals surface area (Å²) in [5.74, 6) is -1.39. The summed E-state index contributed by atoms with van der Waals surface area (Å²) in [4.78, 5) is 38.1. The van der Waals surface area contributed by atoms with Crippen molar-refractivity contribution >= 4 is 23.6 Å². The lowest BCUT2D eigenvalue weighted by Gasteiger charge is -2.20. The lowest BCUT2D eigenvalue weighted by Crippen LogP contribution is -2.42. The van der Waals surface area contributed by atoms with Crippen LogP contribution in [-0.4, -0.2) is 40.0 Å². The van der Waals surface area contributed by atoms with Gasteiger partial charge in [0, 0.05) is 0 Å². The molecule has 1 aromatic carbocycles. The first-order valence-electron chi connectivity index (χ1n) is 6.46. The predicted molar refractivity (Wildman–Crippen MR) is 70.3 cm³/mol. The Hall–Kier alpha value is -2.37. The van der Waals surface area contributed by atoms with Crippen LogP contribution in [0.3, 0.4) is 0 Å². The van der Waals surface area contributed by atoms with Gasteiger partial charge < -0.3 is 5.11 Å². The predicted octanol–water partition coefficient (Wildman–Crippen LogP) is 1.38. The quantitative estimate of drug-likeness (QED) is 0.826. The minimum atomic E-state index is -1.06. The molecule has 0 spiro atoms. The number of imide groups is 1. The molecule has 0 unspecified atom stereocenters. The van der Waals surface area contributed by atoms with Gasteiger partial charge in [-0.1, -0.05) is 17.7 Å². The van der Waals surface area contributed by atoms with Crippen LogP contribution in [0.2, 0.25) is 0 Å². The molecule has 0 bridgehead atoms. The summed E-state index contributed by atoms with van der Waals surface area (Å²) in [6, 6.07) is 4.96. The monoisotopic (exact) mass is 274 g/mol. The van der Waals surface area contributed by atoms with Gasteiger partial charge in [0.25, 0.3) is 5.91 Å². The fourth-order valence-corrected chi connectivity index (χ4v) is 2.85. The van der Waals surface area contributed by atoms with Crippen molar-refractivity contribution in [1.29, 1.82) is 0 Å². The second kappa shape index (κ2) is 4.33. The third-order valence-corrected chi connectivity index (χ3v) is 3.88. The summed E-state index contributed by atoms with van der Waals surface area (Å²) >= 11 is 0. The number of benzene rings is 1. The number of aliphatic carboxylic acids is 1. The fourth-order valence-electron chi connectivity index (χ4n) is 2.85. The molecule has 3 rings (SSSR count). The van der Waals surface area contributed by atoms with E-state index in [1.807, 2.05) is 19.1 Å². The molecule has 0 aromatic heterocycles. The van der Waals surface area contributed by atoms with Crippen LogP contribution in [0.15, 0.2) is 24.3 Å². The van der Waals surface area contributed by atoms with Gasteiger partial charge in [-0.3, -0.25) is 9.69 Å². The number of fused-ring (bicyclic) bond motifs is 1. The van der Waals surface area contributed by atoms with E-state index in [-0.39, 0.29) is 5.91 Å². The molecule has 6 nitrogen and oxygen atoms in total. The molecule has 2 heterocycles. The van der Waals surface area contributed by atoms with E-state index in [1.54, 1.807) is 12.1 Å². The van der Waals surface area contributed by atoms with Gasteiger partial charge >= 0.3 is 12.0 Å². The van der Waals surface area contributed by atoms with E-state index in [9.17, 15) is 14.4 Å². The Labute approximate surface area is 115 Å². The van der Waals surface area contributed by atoms with Crippen LogP contribution < -0.4 is 4.90 Å². The van der Waals surface area contributed by atoms with Crippen LogP contribution in [0.5, 0.6) is 0 Å². The Morgan fingerprint density at radius 2 is 1.85 bits per heavy atom. The molecule has 0 saturated carbocycles. The molecule has 3 amide bonds. The summed E-state index contributed by atoms with van der Waals surface area (Å²) in [6.45, 7) is 1.91. The van der Waals surface area contributed by atoms with E-state index in [0.29, 0.717) is 18.5 Å². The summed E-state index contributed by atoms with van der Waals surface area (Å²) in [5.41, 5.74) is 1.51. The van der Waals surface area contributed by atoms with Crippen molar-refractivity contribution in [3.05, 3.63) is 29.8 Å². The van der Waals surface area contributed by atoms with Gasteiger partial charge in [0.15, 0.2) is 0 Å².